The molecular weight excluding hydrogens is 646 g/mol. The summed E-state index contributed by atoms with van der Waals surface area (Å²) in [6.07, 6.45) is 12.9. The van der Waals surface area contributed by atoms with Crippen molar-refractivity contribution in [1.29, 1.82) is 0 Å². The number of nitrogens with zero attached hydrogens (tertiary/aromatic N) is 1. The van der Waals surface area contributed by atoms with Gasteiger partial charge in [-0.25, -0.2) is 14.0 Å². The van der Waals surface area contributed by atoms with Crippen molar-refractivity contribution in [1.82, 2.24) is 4.31 Å². The van der Waals surface area contributed by atoms with Gasteiger partial charge in [0.05, 0.1) is 17.5 Å². The second kappa shape index (κ2) is 19.3. The van der Waals surface area contributed by atoms with Crippen molar-refractivity contribution in [2.24, 2.45) is 5.92 Å². The smallest absolute Gasteiger partial charge is 0.0312 e. The van der Waals surface area contributed by atoms with Gasteiger partial charge in [-0.2, -0.15) is 0 Å². The predicted octanol–water partition coefficient (Wildman–Crippen LogP) is 2.17. The van der Waals surface area contributed by atoms with Gasteiger partial charge >= 0.3 is 60.9 Å². The van der Waals surface area contributed by atoms with E-state index in [1.165, 1.54) is 11.2 Å². The molecule has 5 radical (unpaired) electrons. The monoisotopic (exact) mass is 669 g/mol. The Balaban J connectivity index is 0. The summed E-state index contributed by atoms with van der Waals surface area (Å²) >= 11 is 0. The molecule has 2 fully saturated rings. The van der Waals surface area contributed by atoms with Crippen molar-refractivity contribution in [3.8, 4) is 0 Å². The molecule has 1 aromatic carbocycles. The summed E-state index contributed by atoms with van der Waals surface area (Å²) in [5.41, 5.74) is 1.78. The van der Waals surface area contributed by atoms with E-state index in [4.69, 9.17) is 23.4 Å². The minimum atomic E-state index is -3.74. The van der Waals surface area contributed by atoms with Crippen molar-refractivity contribution < 1.29 is 57.7 Å². The summed E-state index contributed by atoms with van der Waals surface area (Å²) in [6.45, 7) is 17.5. The van der Waals surface area contributed by atoms with Crippen molar-refractivity contribution in [2.45, 2.75) is 24.8 Å². The van der Waals surface area contributed by atoms with Crippen LogP contribution in [0.3, 0.4) is 0 Å². The third-order valence-electron chi connectivity index (χ3n) is 4.61. The number of sulfonamides is 1. The summed E-state index contributed by atoms with van der Waals surface area (Å²) in [6, 6.07) is 6.14. The molecule has 0 bridgehead atoms. The molecule has 1 saturated heterocycles. The first kappa shape index (κ1) is 35.2. The summed E-state index contributed by atoms with van der Waals surface area (Å²) in [7, 11) is -3.74. The maximum absolute atomic E-state index is 12.9. The molecule has 3 aliphatic rings. The van der Waals surface area contributed by atoms with Crippen molar-refractivity contribution in [3.05, 3.63) is 93.7 Å². The third-order valence-corrected chi connectivity index (χ3v) is 6.36. The Hall–Kier alpha value is -1.95. The van der Waals surface area contributed by atoms with E-state index in [1.54, 1.807) is 24.3 Å². The van der Waals surface area contributed by atoms with E-state index in [9.17, 15) is 13.2 Å². The molecule has 1 aliphatic carbocycles. The topological polar surface area (TPSA) is 133 Å². The van der Waals surface area contributed by atoms with Gasteiger partial charge in [0, 0.05) is 13.5 Å². The maximum Gasteiger partial charge on any atom is 2.00 e. The molecule has 1 saturated carbocycles. The zero-order valence-corrected chi connectivity index (χ0v) is 22.8. The number of benzene rings is 1. The van der Waals surface area contributed by atoms with Gasteiger partial charge in [-0.3, -0.25) is 4.79 Å². The Morgan fingerprint density at radius 3 is 2.00 bits per heavy atom. The second-order valence-electron chi connectivity index (χ2n) is 6.70. The van der Waals surface area contributed by atoms with E-state index in [2.05, 4.69) is 26.2 Å². The predicted molar refractivity (Wildman–Crippen MR) is 115 cm³/mol. The van der Waals surface area contributed by atoms with Gasteiger partial charge in [0.1, 0.15) is 6.61 Å². The standard InChI is InChI=1S/C16H18NO5S.C5H5.3CO.W/c1-11-3-5-14(6-4-11)23(19,20)17-7-13-8-21-9-15(13)16(17)10-22-12(2)18;1-2-4-5-3-1;3*1-2;/h3-6,15-16H,8-10H2,1-2H3;1-5H;;;;/q-1;;;;;+2/t15-,16-;;;;;/m0...../s1. The number of esters is 1. The molecule has 9 nitrogen and oxygen atoms in total. The Labute approximate surface area is 221 Å². The summed E-state index contributed by atoms with van der Waals surface area (Å²) < 4.78 is 59.9. The molecule has 0 N–H and O–H groups in total. The van der Waals surface area contributed by atoms with E-state index >= 15 is 0 Å². The first-order chi connectivity index (χ1) is 16.4. The van der Waals surface area contributed by atoms with E-state index in [-0.39, 0.29) is 38.5 Å². The van der Waals surface area contributed by atoms with Crippen LogP contribution in [0.25, 0.3) is 0 Å². The molecule has 11 heteroatoms. The maximum atomic E-state index is 12.9. The fourth-order valence-corrected chi connectivity index (χ4v) is 4.63. The zero-order valence-electron chi connectivity index (χ0n) is 19.0. The largest absolute Gasteiger partial charge is 2.00 e. The molecule has 2 aliphatic heterocycles. The van der Waals surface area contributed by atoms with Crippen LogP contribution in [0.5, 0.6) is 0 Å². The van der Waals surface area contributed by atoms with Gasteiger partial charge in [0.25, 0.3) is 0 Å². The van der Waals surface area contributed by atoms with Gasteiger partial charge in [-0.15, -0.1) is 0 Å². The van der Waals surface area contributed by atoms with E-state index < -0.39 is 22.0 Å². The van der Waals surface area contributed by atoms with E-state index in [1.807, 2.05) is 39.0 Å². The summed E-state index contributed by atoms with van der Waals surface area (Å²) in [5, 5.41) is 0. The third kappa shape index (κ3) is 10.7. The zero-order chi connectivity index (χ0) is 26.1. The molecule has 2 atom stereocenters. The molecule has 1 aromatic rings. The van der Waals surface area contributed by atoms with Crippen LogP contribution in [0, 0.1) is 71.1 Å². The molecular formula is C24H23NO8SW+. The van der Waals surface area contributed by atoms with Crippen LogP contribution in [0.2, 0.25) is 0 Å². The molecule has 0 spiro atoms. The molecule has 0 unspecified atom stereocenters. The number of ether oxygens (including phenoxy) is 2. The summed E-state index contributed by atoms with van der Waals surface area (Å²) in [4.78, 5) is 11.3. The number of carbonyl (C=O) groups excluding carboxylic acids is 1. The van der Waals surface area contributed by atoms with Crippen molar-refractivity contribution >= 4 is 16.0 Å². The molecule has 0 amide bonds. The quantitative estimate of drug-likeness (QED) is 0.276. The average molecular weight is 669 g/mol. The number of carbonyl (C=O) groups is 1. The fourth-order valence-electron chi connectivity index (χ4n) is 3.12. The first-order valence-corrected chi connectivity index (χ1v) is 11.1. The van der Waals surface area contributed by atoms with Crippen LogP contribution < -0.4 is 0 Å². The van der Waals surface area contributed by atoms with Crippen LogP contribution in [0.1, 0.15) is 12.5 Å². The minimum Gasteiger partial charge on any atom is -0.0312 e. The fraction of sp³-hybridized carbons (Fsp3) is 0.292. The summed E-state index contributed by atoms with van der Waals surface area (Å²) in [5.74, 6) is -0.556. The van der Waals surface area contributed by atoms with Crippen molar-refractivity contribution in [2.75, 3.05) is 19.8 Å². The molecule has 0 aromatic heterocycles. The molecule has 4 rings (SSSR count). The molecule has 183 valence electrons. The van der Waals surface area contributed by atoms with Crippen LogP contribution in [-0.2, 0) is 59.3 Å². The van der Waals surface area contributed by atoms with Crippen LogP contribution in [0.15, 0.2) is 34.7 Å². The van der Waals surface area contributed by atoms with Crippen LogP contribution in [-0.4, -0.2) is 44.6 Å². The Kier molecular flexibility index (Phi) is 19.4. The van der Waals surface area contributed by atoms with Gasteiger partial charge in [-0.05, 0) is 57.1 Å². The average Bonchev–Trinajstić information content (AvgIpc) is 3.62. The number of aryl methyl sites for hydroxylation is 1. The van der Waals surface area contributed by atoms with Gasteiger partial charge in [-0.1, -0.05) is 17.7 Å². The van der Waals surface area contributed by atoms with Gasteiger partial charge < -0.3 is 20.0 Å². The van der Waals surface area contributed by atoms with Crippen LogP contribution >= 0.6 is 0 Å². The Morgan fingerprint density at radius 1 is 1.06 bits per heavy atom. The van der Waals surface area contributed by atoms with Crippen molar-refractivity contribution in [3.63, 3.8) is 0 Å². The Bertz CT molecular complexity index is 928. The van der Waals surface area contributed by atoms with Crippen LogP contribution in [0.4, 0.5) is 0 Å². The SMILES string of the molecule is CC(=O)OC[C@H]1[C@H]2COCC2=[C-]N1S(=O)(=O)c1ccc(C)cc1.[C-]#[O+].[C-]#[O+].[C-]#[O+].[CH]1[CH][CH][CH][CH]1.[W+2]. The number of fused-ring (bicyclic) bond motifs is 1. The van der Waals surface area contributed by atoms with E-state index in [0.717, 1.165) is 11.1 Å². The number of hydrogen-bond donors (Lipinski definition) is 0. The number of hydrogen-bond acceptors (Lipinski definition) is 5. The van der Waals surface area contributed by atoms with E-state index in [0.29, 0.717) is 13.2 Å². The van der Waals surface area contributed by atoms with Gasteiger partial charge in [0.2, 0.25) is 10.0 Å². The second-order valence-corrected chi connectivity index (χ2v) is 8.52. The van der Waals surface area contributed by atoms with Gasteiger partial charge in [0.15, 0.2) is 0 Å². The Morgan fingerprint density at radius 2 is 1.54 bits per heavy atom. The number of rotatable bonds is 4. The molecule has 35 heavy (non-hydrogen) atoms. The molecule has 2 heterocycles. The minimum absolute atomic E-state index is 0. The first-order valence-electron chi connectivity index (χ1n) is 9.62. The normalized spacial score (nSPS) is 19.1.